The summed E-state index contributed by atoms with van der Waals surface area (Å²) in [6.45, 7) is 5.56. The second kappa shape index (κ2) is 6.43. The van der Waals surface area contributed by atoms with Gasteiger partial charge in [-0.25, -0.2) is 9.97 Å². The number of anilines is 1. The first-order valence-corrected chi connectivity index (χ1v) is 7.01. The maximum absolute atomic E-state index is 12.1. The van der Waals surface area contributed by atoms with Gasteiger partial charge in [0.1, 0.15) is 11.9 Å². The Morgan fingerprint density at radius 3 is 2.45 bits per heavy atom. The molecular formula is C16H20N4O2. The number of nitrogens with two attached hydrogens (primary N) is 1. The zero-order valence-corrected chi connectivity index (χ0v) is 13.2. The fourth-order valence-electron chi connectivity index (χ4n) is 2.19. The van der Waals surface area contributed by atoms with Gasteiger partial charge in [-0.1, -0.05) is 17.7 Å². The first-order valence-electron chi connectivity index (χ1n) is 7.01. The molecule has 1 aromatic carbocycles. The average Bonchev–Trinajstić information content (AvgIpc) is 2.48. The normalized spacial score (nSPS) is 11.8. The highest BCUT2D eigenvalue weighted by Crippen LogP contribution is 2.25. The van der Waals surface area contributed by atoms with E-state index in [1.807, 2.05) is 38.1 Å². The molecule has 0 aliphatic heterocycles. The van der Waals surface area contributed by atoms with E-state index in [1.54, 1.807) is 14.0 Å². The number of hydrogen-bond acceptors (Lipinski definition) is 5. The van der Waals surface area contributed by atoms with Crippen molar-refractivity contribution >= 4 is 11.9 Å². The molecule has 0 aliphatic rings. The molecule has 0 spiro atoms. The third-order valence-electron chi connectivity index (χ3n) is 3.31. The number of nitrogens with zero attached hydrogens (tertiary/aromatic N) is 2. The van der Waals surface area contributed by atoms with Gasteiger partial charge in [0.05, 0.1) is 17.0 Å². The molecule has 0 aliphatic carbocycles. The van der Waals surface area contributed by atoms with Gasteiger partial charge in [-0.3, -0.25) is 4.79 Å². The molecule has 22 heavy (non-hydrogen) atoms. The number of carbonyl (C=O) groups excluding carboxylic acids is 1. The molecule has 1 heterocycles. The average molecular weight is 300 g/mol. The number of rotatable bonds is 4. The lowest BCUT2D eigenvalue weighted by Crippen LogP contribution is -2.24. The largest absolute Gasteiger partial charge is 0.484 e. The summed E-state index contributed by atoms with van der Waals surface area (Å²) in [6.07, 6.45) is -0.431. The van der Waals surface area contributed by atoms with Gasteiger partial charge < -0.3 is 15.8 Å². The standard InChI is InChI=1S/C16H20N4O2/c1-9-5-7-12(8-6-9)22-11(3)14-13(15(21)18-4)10(2)19-16(17)20-14/h5-8,11H,1-4H3,(H,18,21)(H2,17,19,20). The van der Waals surface area contributed by atoms with E-state index < -0.39 is 6.10 Å². The van der Waals surface area contributed by atoms with Crippen molar-refractivity contribution in [2.45, 2.75) is 26.9 Å². The van der Waals surface area contributed by atoms with Gasteiger partial charge in [0.25, 0.3) is 5.91 Å². The first-order chi connectivity index (χ1) is 10.4. The molecule has 0 fully saturated rings. The highest BCUT2D eigenvalue weighted by molar-refractivity contribution is 5.96. The lowest BCUT2D eigenvalue weighted by Gasteiger charge is -2.18. The monoisotopic (exact) mass is 300 g/mol. The minimum absolute atomic E-state index is 0.125. The molecule has 6 heteroatoms. The Morgan fingerprint density at radius 2 is 1.86 bits per heavy atom. The highest BCUT2D eigenvalue weighted by Gasteiger charge is 2.22. The number of aromatic nitrogens is 2. The third-order valence-corrected chi connectivity index (χ3v) is 3.31. The topological polar surface area (TPSA) is 90.1 Å². The Hall–Kier alpha value is -2.63. The smallest absolute Gasteiger partial charge is 0.254 e. The number of carbonyl (C=O) groups is 1. The number of nitrogens with one attached hydrogen (secondary N) is 1. The van der Waals surface area contributed by atoms with Crippen LogP contribution in [0.5, 0.6) is 5.75 Å². The summed E-state index contributed by atoms with van der Waals surface area (Å²) in [5.74, 6) is 0.571. The molecule has 0 saturated carbocycles. The quantitative estimate of drug-likeness (QED) is 0.903. The molecule has 2 rings (SSSR count). The number of hydrogen-bond donors (Lipinski definition) is 2. The summed E-state index contributed by atoms with van der Waals surface area (Å²) in [5.41, 5.74) is 8.26. The summed E-state index contributed by atoms with van der Waals surface area (Å²) in [7, 11) is 1.56. The minimum Gasteiger partial charge on any atom is -0.484 e. The number of ether oxygens (including phenoxy) is 1. The van der Waals surface area contributed by atoms with Crippen LogP contribution in [-0.4, -0.2) is 22.9 Å². The Bertz CT molecular complexity index is 683. The van der Waals surface area contributed by atoms with Gasteiger partial charge in [0, 0.05) is 7.05 Å². The van der Waals surface area contributed by atoms with Crippen LogP contribution in [0.15, 0.2) is 24.3 Å². The van der Waals surface area contributed by atoms with E-state index in [0.29, 0.717) is 22.7 Å². The van der Waals surface area contributed by atoms with Crippen LogP contribution in [0.25, 0.3) is 0 Å². The molecule has 2 aromatic rings. The molecule has 1 amide bonds. The number of nitrogen functional groups attached to an aromatic ring is 1. The van der Waals surface area contributed by atoms with Crippen LogP contribution >= 0.6 is 0 Å². The summed E-state index contributed by atoms with van der Waals surface area (Å²) < 4.78 is 5.87. The molecule has 1 aromatic heterocycles. The summed E-state index contributed by atoms with van der Waals surface area (Å²) in [4.78, 5) is 20.3. The van der Waals surface area contributed by atoms with Crippen molar-refractivity contribution in [2.75, 3.05) is 12.8 Å². The molecular weight excluding hydrogens is 280 g/mol. The molecule has 0 radical (unpaired) electrons. The van der Waals surface area contributed by atoms with Crippen LogP contribution in [-0.2, 0) is 0 Å². The fourth-order valence-corrected chi connectivity index (χ4v) is 2.19. The van der Waals surface area contributed by atoms with E-state index in [-0.39, 0.29) is 11.9 Å². The van der Waals surface area contributed by atoms with Gasteiger partial charge in [0.15, 0.2) is 0 Å². The predicted octanol–water partition coefficient (Wildman–Crippen LogP) is 2.18. The Balaban J connectivity index is 2.37. The Labute approximate surface area is 129 Å². The van der Waals surface area contributed by atoms with Crippen molar-refractivity contribution in [1.82, 2.24) is 15.3 Å². The molecule has 6 nitrogen and oxygen atoms in total. The first kappa shape index (κ1) is 15.8. The molecule has 1 atom stereocenters. The van der Waals surface area contributed by atoms with Gasteiger partial charge in [-0.05, 0) is 32.9 Å². The van der Waals surface area contributed by atoms with E-state index in [0.717, 1.165) is 5.56 Å². The van der Waals surface area contributed by atoms with Crippen molar-refractivity contribution in [3.05, 3.63) is 46.8 Å². The number of aryl methyl sites for hydroxylation is 2. The van der Waals surface area contributed by atoms with Crippen molar-refractivity contribution in [2.24, 2.45) is 0 Å². The van der Waals surface area contributed by atoms with Crippen LogP contribution in [0.4, 0.5) is 5.95 Å². The van der Waals surface area contributed by atoms with Crippen LogP contribution in [0.3, 0.4) is 0 Å². The Kier molecular flexibility index (Phi) is 4.60. The summed E-state index contributed by atoms with van der Waals surface area (Å²) >= 11 is 0. The molecule has 3 N–H and O–H groups in total. The third kappa shape index (κ3) is 3.33. The predicted molar refractivity (Wildman–Crippen MR) is 84.8 cm³/mol. The van der Waals surface area contributed by atoms with Crippen LogP contribution < -0.4 is 15.8 Å². The number of amides is 1. The van der Waals surface area contributed by atoms with Gasteiger partial charge in [-0.15, -0.1) is 0 Å². The maximum Gasteiger partial charge on any atom is 0.254 e. The van der Waals surface area contributed by atoms with Crippen LogP contribution in [0.1, 0.15) is 40.3 Å². The number of benzene rings is 1. The second-order valence-electron chi connectivity index (χ2n) is 5.08. The molecule has 0 bridgehead atoms. The minimum atomic E-state index is -0.431. The van der Waals surface area contributed by atoms with Gasteiger partial charge >= 0.3 is 0 Å². The van der Waals surface area contributed by atoms with Crippen LogP contribution in [0, 0.1) is 13.8 Å². The second-order valence-corrected chi connectivity index (χ2v) is 5.08. The van der Waals surface area contributed by atoms with E-state index in [4.69, 9.17) is 10.5 Å². The lowest BCUT2D eigenvalue weighted by molar-refractivity contribution is 0.0956. The summed E-state index contributed by atoms with van der Waals surface area (Å²) in [5, 5.41) is 2.59. The fraction of sp³-hybridized carbons (Fsp3) is 0.312. The maximum atomic E-state index is 12.1. The van der Waals surface area contributed by atoms with E-state index >= 15 is 0 Å². The van der Waals surface area contributed by atoms with Gasteiger partial charge in [0.2, 0.25) is 5.95 Å². The zero-order chi connectivity index (χ0) is 16.3. The van der Waals surface area contributed by atoms with Crippen molar-refractivity contribution in [3.8, 4) is 5.75 Å². The summed E-state index contributed by atoms with van der Waals surface area (Å²) in [6, 6.07) is 7.67. The molecule has 1 unspecified atom stereocenters. The SMILES string of the molecule is CNC(=O)c1c(C)nc(N)nc1C(C)Oc1ccc(C)cc1. The Morgan fingerprint density at radius 1 is 1.23 bits per heavy atom. The van der Waals surface area contributed by atoms with Crippen molar-refractivity contribution in [3.63, 3.8) is 0 Å². The van der Waals surface area contributed by atoms with Crippen LogP contribution in [0.2, 0.25) is 0 Å². The van der Waals surface area contributed by atoms with Crippen molar-refractivity contribution < 1.29 is 9.53 Å². The van der Waals surface area contributed by atoms with Crippen molar-refractivity contribution in [1.29, 1.82) is 0 Å². The highest BCUT2D eigenvalue weighted by atomic mass is 16.5. The molecule has 0 saturated heterocycles. The van der Waals surface area contributed by atoms with E-state index in [1.165, 1.54) is 0 Å². The van der Waals surface area contributed by atoms with Gasteiger partial charge in [-0.2, -0.15) is 0 Å². The molecule has 116 valence electrons. The zero-order valence-electron chi connectivity index (χ0n) is 13.2. The van der Waals surface area contributed by atoms with E-state index in [2.05, 4.69) is 15.3 Å². The lowest BCUT2D eigenvalue weighted by atomic mass is 10.1. The van der Waals surface area contributed by atoms with E-state index in [9.17, 15) is 4.79 Å².